The second kappa shape index (κ2) is 10.8. The van der Waals surface area contributed by atoms with Crippen molar-refractivity contribution in [3.05, 3.63) is 107 Å². The fourth-order valence-electron chi connectivity index (χ4n) is 4.21. The van der Waals surface area contributed by atoms with Crippen LogP contribution >= 0.6 is 8.58 Å². The Bertz CT molecular complexity index is 1210. The van der Waals surface area contributed by atoms with E-state index in [-0.39, 0.29) is 0 Å². The summed E-state index contributed by atoms with van der Waals surface area (Å²) in [5, 5.41) is 2.61. The zero-order valence-corrected chi connectivity index (χ0v) is 20.9. The van der Waals surface area contributed by atoms with Crippen molar-refractivity contribution in [1.29, 1.82) is 0 Å². The molecule has 3 heteroatoms. The highest BCUT2D eigenvalue weighted by molar-refractivity contribution is 7.56. The van der Waals surface area contributed by atoms with Gasteiger partial charge >= 0.3 is 0 Å². The van der Waals surface area contributed by atoms with Gasteiger partial charge in [-0.1, -0.05) is 75.3 Å². The lowest BCUT2D eigenvalue weighted by atomic mass is 10.0. The van der Waals surface area contributed by atoms with Crippen molar-refractivity contribution < 1.29 is 4.74 Å². The Morgan fingerprint density at radius 2 is 1.79 bits per heavy atom. The molecule has 2 unspecified atom stereocenters. The van der Waals surface area contributed by atoms with Crippen molar-refractivity contribution in [1.82, 2.24) is 0 Å². The van der Waals surface area contributed by atoms with Crippen LogP contribution in [-0.4, -0.2) is 12.3 Å². The molecule has 0 N–H and O–H groups in total. The first-order chi connectivity index (χ1) is 16.0. The van der Waals surface area contributed by atoms with Gasteiger partial charge in [-0.2, -0.15) is 0 Å². The molecular formula is C30H32NOP. The molecule has 0 heterocycles. The SMILES string of the molecule is C/C(=N\c1ccccc1)c1cccc(C)c1Pc1cc(C)cc(C)c1OCC1C=CC=CC1. The maximum atomic E-state index is 6.46. The summed E-state index contributed by atoms with van der Waals surface area (Å²) in [4.78, 5) is 4.90. The second-order valence-electron chi connectivity index (χ2n) is 8.73. The van der Waals surface area contributed by atoms with E-state index in [2.05, 4.69) is 82.3 Å². The van der Waals surface area contributed by atoms with Gasteiger partial charge in [0, 0.05) is 22.5 Å². The third-order valence-corrected chi connectivity index (χ3v) is 7.46. The summed E-state index contributed by atoms with van der Waals surface area (Å²) in [5.41, 5.74) is 7.00. The Kier molecular flexibility index (Phi) is 7.57. The molecule has 0 fully saturated rings. The van der Waals surface area contributed by atoms with E-state index in [1.165, 1.54) is 32.9 Å². The summed E-state index contributed by atoms with van der Waals surface area (Å²) < 4.78 is 6.46. The lowest BCUT2D eigenvalue weighted by Gasteiger charge is -2.20. The molecule has 0 aromatic heterocycles. The molecule has 2 atom stereocenters. The molecule has 1 aliphatic rings. The molecule has 33 heavy (non-hydrogen) atoms. The second-order valence-corrected chi connectivity index (χ2v) is 10.0. The van der Waals surface area contributed by atoms with Gasteiger partial charge < -0.3 is 4.74 Å². The van der Waals surface area contributed by atoms with Gasteiger partial charge in [-0.05, 0) is 74.3 Å². The number of benzene rings is 3. The van der Waals surface area contributed by atoms with E-state index in [4.69, 9.17) is 9.73 Å². The highest BCUT2D eigenvalue weighted by Crippen LogP contribution is 2.28. The zero-order chi connectivity index (χ0) is 23.2. The summed E-state index contributed by atoms with van der Waals surface area (Å²) in [6.45, 7) is 9.34. The molecule has 168 valence electrons. The average Bonchev–Trinajstić information content (AvgIpc) is 2.81. The largest absolute Gasteiger partial charge is 0.492 e. The minimum Gasteiger partial charge on any atom is -0.492 e. The summed E-state index contributed by atoms with van der Waals surface area (Å²) in [5.74, 6) is 1.47. The minimum atomic E-state index is 0.432. The average molecular weight is 454 g/mol. The van der Waals surface area contributed by atoms with E-state index >= 15 is 0 Å². The van der Waals surface area contributed by atoms with Crippen LogP contribution in [0.3, 0.4) is 0 Å². The van der Waals surface area contributed by atoms with E-state index in [1.807, 2.05) is 30.3 Å². The molecule has 4 rings (SSSR count). The number of hydrogen-bond donors (Lipinski definition) is 0. The monoisotopic (exact) mass is 453 g/mol. The number of allylic oxidation sites excluding steroid dienone is 3. The standard InChI is InChI=1S/C30H32NOP/c1-21-18-23(3)29(32-20-25-13-7-5-8-14-25)28(19-21)33-30-22(2)12-11-17-27(30)24(4)31-26-15-9-6-10-16-26/h5-13,15-19,25,33H,14,20H2,1-4H3/b31-24+. The van der Waals surface area contributed by atoms with Crippen LogP contribution in [0.1, 0.15) is 35.6 Å². The Morgan fingerprint density at radius 1 is 0.970 bits per heavy atom. The van der Waals surface area contributed by atoms with Crippen LogP contribution in [0.4, 0.5) is 5.69 Å². The Hall–Kier alpha value is -2.96. The molecule has 0 aliphatic heterocycles. The molecule has 3 aromatic carbocycles. The number of ether oxygens (including phenoxy) is 1. The first-order valence-corrected chi connectivity index (χ1v) is 12.6. The maximum absolute atomic E-state index is 6.46. The summed E-state index contributed by atoms with van der Waals surface area (Å²) in [6, 6.07) is 21.2. The Morgan fingerprint density at radius 3 is 2.55 bits per heavy atom. The molecule has 0 spiro atoms. The predicted octanol–water partition coefficient (Wildman–Crippen LogP) is 6.89. The normalized spacial score (nSPS) is 16.0. The lowest BCUT2D eigenvalue weighted by molar-refractivity contribution is 0.276. The van der Waals surface area contributed by atoms with Gasteiger partial charge in [0.1, 0.15) is 5.75 Å². The van der Waals surface area contributed by atoms with Crippen LogP contribution in [0.15, 0.2) is 90.0 Å². The van der Waals surface area contributed by atoms with Gasteiger partial charge in [-0.15, -0.1) is 0 Å². The van der Waals surface area contributed by atoms with Gasteiger partial charge in [0.15, 0.2) is 0 Å². The van der Waals surface area contributed by atoms with Crippen LogP contribution < -0.4 is 15.3 Å². The number of para-hydroxylation sites is 1. The van der Waals surface area contributed by atoms with Crippen LogP contribution in [-0.2, 0) is 0 Å². The van der Waals surface area contributed by atoms with Gasteiger partial charge in [-0.25, -0.2) is 0 Å². The third kappa shape index (κ3) is 5.89. The number of hydrogen-bond acceptors (Lipinski definition) is 2. The quantitative estimate of drug-likeness (QED) is 0.282. The van der Waals surface area contributed by atoms with Crippen molar-refractivity contribution in [3.8, 4) is 5.75 Å². The van der Waals surface area contributed by atoms with Crippen molar-refractivity contribution in [2.24, 2.45) is 10.9 Å². The lowest BCUT2D eigenvalue weighted by Crippen LogP contribution is -2.19. The molecule has 0 saturated heterocycles. The summed E-state index contributed by atoms with van der Waals surface area (Å²) in [6.07, 6.45) is 9.73. The van der Waals surface area contributed by atoms with E-state index in [0.29, 0.717) is 21.1 Å². The summed E-state index contributed by atoms with van der Waals surface area (Å²) >= 11 is 0. The molecule has 0 radical (unpaired) electrons. The number of nitrogens with zero attached hydrogens (tertiary/aromatic N) is 1. The molecular weight excluding hydrogens is 421 g/mol. The van der Waals surface area contributed by atoms with Crippen LogP contribution in [0, 0.1) is 26.7 Å². The fourth-order valence-corrected chi connectivity index (χ4v) is 5.84. The first-order valence-electron chi connectivity index (χ1n) is 11.6. The van der Waals surface area contributed by atoms with Crippen molar-refractivity contribution in [2.45, 2.75) is 34.1 Å². The van der Waals surface area contributed by atoms with E-state index in [0.717, 1.165) is 23.6 Å². The molecule has 2 nitrogen and oxygen atoms in total. The topological polar surface area (TPSA) is 21.6 Å². The predicted molar refractivity (Wildman–Crippen MR) is 145 cm³/mol. The first kappa shape index (κ1) is 23.2. The number of aryl methyl sites for hydroxylation is 3. The van der Waals surface area contributed by atoms with E-state index in [1.54, 1.807) is 0 Å². The Labute approximate surface area is 199 Å². The summed E-state index contributed by atoms with van der Waals surface area (Å²) in [7, 11) is 0.501. The van der Waals surface area contributed by atoms with Crippen molar-refractivity contribution >= 4 is 30.6 Å². The van der Waals surface area contributed by atoms with Gasteiger partial charge in [0.05, 0.1) is 12.3 Å². The molecule has 1 aliphatic carbocycles. The fraction of sp³-hybridized carbons (Fsp3) is 0.233. The highest BCUT2D eigenvalue weighted by atomic mass is 31.1. The third-order valence-electron chi connectivity index (χ3n) is 5.91. The van der Waals surface area contributed by atoms with Crippen LogP contribution in [0.5, 0.6) is 5.75 Å². The van der Waals surface area contributed by atoms with Crippen molar-refractivity contribution in [3.63, 3.8) is 0 Å². The van der Waals surface area contributed by atoms with E-state index in [9.17, 15) is 0 Å². The minimum absolute atomic E-state index is 0.432. The smallest absolute Gasteiger partial charge is 0.129 e. The van der Waals surface area contributed by atoms with Gasteiger partial charge in [0.2, 0.25) is 0 Å². The number of rotatable bonds is 7. The number of aliphatic imine (C=N–C) groups is 1. The Balaban J connectivity index is 1.67. The van der Waals surface area contributed by atoms with Gasteiger partial charge in [0.25, 0.3) is 0 Å². The van der Waals surface area contributed by atoms with Crippen LogP contribution in [0.2, 0.25) is 0 Å². The maximum Gasteiger partial charge on any atom is 0.129 e. The van der Waals surface area contributed by atoms with Crippen molar-refractivity contribution in [2.75, 3.05) is 6.61 Å². The molecule has 0 saturated carbocycles. The molecule has 0 bridgehead atoms. The van der Waals surface area contributed by atoms with Gasteiger partial charge in [-0.3, -0.25) is 4.99 Å². The zero-order valence-electron chi connectivity index (χ0n) is 19.9. The van der Waals surface area contributed by atoms with E-state index < -0.39 is 0 Å². The van der Waals surface area contributed by atoms with Crippen LogP contribution in [0.25, 0.3) is 0 Å². The molecule has 3 aromatic rings. The molecule has 0 amide bonds. The highest BCUT2D eigenvalue weighted by Gasteiger charge is 2.16.